The van der Waals surface area contributed by atoms with Crippen molar-refractivity contribution in [3.63, 3.8) is 0 Å². The summed E-state index contributed by atoms with van der Waals surface area (Å²) in [6.45, 7) is 7.29. The van der Waals surface area contributed by atoms with Gasteiger partial charge in [0.25, 0.3) is 0 Å². The molecule has 0 aromatic heterocycles. The molecule has 1 aliphatic rings. The summed E-state index contributed by atoms with van der Waals surface area (Å²) >= 11 is 0. The summed E-state index contributed by atoms with van der Waals surface area (Å²) in [5.41, 5.74) is 0. The summed E-state index contributed by atoms with van der Waals surface area (Å²) in [6, 6.07) is 0. The quantitative estimate of drug-likeness (QED) is 0.388. The molecule has 1 rings (SSSR count). The Labute approximate surface area is 148 Å². The van der Waals surface area contributed by atoms with E-state index in [-0.39, 0.29) is 0 Å². The first kappa shape index (κ1) is 21.8. The molecule has 1 aliphatic heterocycles. The monoisotopic (exact) mass is 345 g/mol. The Morgan fingerprint density at radius 2 is 0.708 bits per heavy atom. The maximum Gasteiger partial charge on any atom is 0.0529 e. The van der Waals surface area contributed by atoms with Crippen LogP contribution in [0.1, 0.15) is 57.8 Å². The minimum atomic E-state index is 0.300. The van der Waals surface area contributed by atoms with Gasteiger partial charge in [-0.25, -0.2) is 0 Å². The molecule has 0 saturated carbocycles. The molecule has 0 atom stereocenters. The average molecular weight is 346 g/mol. The van der Waals surface area contributed by atoms with E-state index in [2.05, 4.69) is 14.7 Å². The molecule has 24 heavy (non-hydrogen) atoms. The highest BCUT2D eigenvalue weighted by molar-refractivity contribution is 4.70. The highest BCUT2D eigenvalue weighted by Crippen LogP contribution is 2.12. The van der Waals surface area contributed by atoms with E-state index in [1.54, 1.807) is 0 Å². The van der Waals surface area contributed by atoms with Gasteiger partial charge in [0, 0.05) is 39.5 Å². The number of nitrogens with zero attached hydrogens (tertiary/aromatic N) is 3. The minimum absolute atomic E-state index is 0.300. The second-order valence-corrected chi connectivity index (χ2v) is 6.96. The molecule has 1 fully saturated rings. The smallest absolute Gasteiger partial charge is 0.0529 e. The Kier molecular flexibility index (Phi) is 13.7. The third-order valence-corrected chi connectivity index (χ3v) is 4.60. The molecular weight excluding hydrogens is 306 g/mol. The van der Waals surface area contributed by atoms with Crippen LogP contribution in [-0.4, -0.2) is 89.5 Å². The maximum atomic E-state index is 8.90. The van der Waals surface area contributed by atoms with Gasteiger partial charge in [-0.2, -0.15) is 0 Å². The molecule has 0 spiro atoms. The number of hydrogen-bond acceptors (Lipinski definition) is 6. The van der Waals surface area contributed by atoms with Crippen molar-refractivity contribution < 1.29 is 15.3 Å². The lowest BCUT2D eigenvalue weighted by Gasteiger charge is -2.42. The molecule has 6 heteroatoms. The Hall–Kier alpha value is -0.240. The fourth-order valence-corrected chi connectivity index (χ4v) is 3.28. The summed E-state index contributed by atoms with van der Waals surface area (Å²) in [7, 11) is 0. The number of aliphatic hydroxyl groups excluding tert-OH is 3. The van der Waals surface area contributed by atoms with E-state index >= 15 is 0 Å². The van der Waals surface area contributed by atoms with Crippen LogP contribution in [0.5, 0.6) is 0 Å². The largest absolute Gasteiger partial charge is 0.396 e. The lowest BCUT2D eigenvalue weighted by Crippen LogP contribution is -2.55. The summed E-state index contributed by atoms with van der Waals surface area (Å²) in [5.74, 6) is 0. The fraction of sp³-hybridized carbons (Fsp3) is 1.00. The molecule has 0 unspecified atom stereocenters. The van der Waals surface area contributed by atoms with Crippen molar-refractivity contribution in [2.75, 3.05) is 59.5 Å². The second-order valence-electron chi connectivity index (χ2n) is 6.96. The highest BCUT2D eigenvalue weighted by Gasteiger charge is 2.22. The second kappa shape index (κ2) is 15.0. The van der Waals surface area contributed by atoms with Gasteiger partial charge in [0.15, 0.2) is 0 Å². The van der Waals surface area contributed by atoms with Gasteiger partial charge < -0.3 is 15.3 Å². The van der Waals surface area contributed by atoms with Crippen molar-refractivity contribution >= 4 is 0 Å². The van der Waals surface area contributed by atoms with Gasteiger partial charge in [-0.15, -0.1) is 0 Å². The van der Waals surface area contributed by atoms with Crippen LogP contribution < -0.4 is 0 Å². The van der Waals surface area contributed by atoms with E-state index in [9.17, 15) is 0 Å². The standard InChI is InChI=1S/C18H39N3O3/c22-13-7-1-4-10-19-16-20(11-5-2-8-14-23)18-21(17-19)12-6-3-9-15-24/h22-24H,1-18H2. The van der Waals surface area contributed by atoms with E-state index in [1.807, 2.05) is 0 Å². The molecule has 0 aromatic carbocycles. The van der Waals surface area contributed by atoms with E-state index in [1.165, 1.54) is 0 Å². The molecule has 0 aliphatic carbocycles. The number of hydrogen-bond donors (Lipinski definition) is 3. The van der Waals surface area contributed by atoms with Gasteiger partial charge in [0.2, 0.25) is 0 Å². The normalized spacial score (nSPS) is 17.6. The SMILES string of the molecule is OCCCCCN1CN(CCCCCO)CN(CCCCCO)C1. The van der Waals surface area contributed by atoms with Crippen LogP contribution in [0.2, 0.25) is 0 Å². The van der Waals surface area contributed by atoms with Gasteiger partial charge in [-0.1, -0.05) is 0 Å². The zero-order valence-electron chi connectivity index (χ0n) is 15.4. The van der Waals surface area contributed by atoms with Crippen molar-refractivity contribution in [1.82, 2.24) is 14.7 Å². The fourth-order valence-electron chi connectivity index (χ4n) is 3.28. The van der Waals surface area contributed by atoms with Crippen LogP contribution in [0.4, 0.5) is 0 Å². The van der Waals surface area contributed by atoms with Gasteiger partial charge in [0.1, 0.15) is 0 Å². The summed E-state index contributed by atoms with van der Waals surface area (Å²) < 4.78 is 0. The van der Waals surface area contributed by atoms with Crippen molar-refractivity contribution in [1.29, 1.82) is 0 Å². The molecule has 1 heterocycles. The summed E-state index contributed by atoms with van der Waals surface area (Å²) in [6.07, 6.45) is 9.46. The Morgan fingerprint density at radius 1 is 0.417 bits per heavy atom. The third-order valence-electron chi connectivity index (χ3n) is 4.60. The van der Waals surface area contributed by atoms with Crippen molar-refractivity contribution in [2.45, 2.75) is 57.8 Å². The first-order chi connectivity index (χ1) is 11.8. The van der Waals surface area contributed by atoms with Gasteiger partial charge >= 0.3 is 0 Å². The van der Waals surface area contributed by atoms with E-state index in [0.29, 0.717) is 19.8 Å². The predicted molar refractivity (Wildman–Crippen MR) is 97.5 cm³/mol. The average Bonchev–Trinajstić information content (AvgIpc) is 2.59. The van der Waals surface area contributed by atoms with Crippen molar-refractivity contribution in [2.24, 2.45) is 0 Å². The molecule has 0 radical (unpaired) electrons. The Balaban J connectivity index is 2.33. The van der Waals surface area contributed by atoms with Crippen LogP contribution in [0.25, 0.3) is 0 Å². The summed E-state index contributed by atoms with van der Waals surface area (Å²) in [5, 5.41) is 26.7. The minimum Gasteiger partial charge on any atom is -0.396 e. The lowest BCUT2D eigenvalue weighted by atomic mass is 10.2. The highest BCUT2D eigenvalue weighted by atomic mass is 16.3. The topological polar surface area (TPSA) is 70.4 Å². The molecule has 144 valence electrons. The molecule has 0 amide bonds. The molecule has 6 nitrogen and oxygen atoms in total. The number of unbranched alkanes of at least 4 members (excludes halogenated alkanes) is 6. The van der Waals surface area contributed by atoms with E-state index < -0.39 is 0 Å². The molecule has 0 bridgehead atoms. The molecule has 0 aromatic rings. The molecule has 3 N–H and O–H groups in total. The molecule has 1 saturated heterocycles. The van der Waals surface area contributed by atoms with E-state index in [0.717, 1.165) is 97.4 Å². The van der Waals surface area contributed by atoms with Gasteiger partial charge in [-0.05, 0) is 57.8 Å². The lowest BCUT2D eigenvalue weighted by molar-refractivity contribution is -0.0314. The van der Waals surface area contributed by atoms with Crippen LogP contribution in [-0.2, 0) is 0 Å². The van der Waals surface area contributed by atoms with Gasteiger partial charge in [-0.3, -0.25) is 14.7 Å². The Bertz CT molecular complexity index is 233. The van der Waals surface area contributed by atoms with Crippen LogP contribution >= 0.6 is 0 Å². The Morgan fingerprint density at radius 3 is 0.958 bits per heavy atom. The predicted octanol–water partition coefficient (Wildman–Crippen LogP) is 1.27. The van der Waals surface area contributed by atoms with Crippen LogP contribution in [0, 0.1) is 0 Å². The molecular formula is C18H39N3O3. The zero-order valence-corrected chi connectivity index (χ0v) is 15.4. The third kappa shape index (κ3) is 10.6. The first-order valence-electron chi connectivity index (χ1n) is 9.79. The van der Waals surface area contributed by atoms with Crippen molar-refractivity contribution in [3.8, 4) is 0 Å². The van der Waals surface area contributed by atoms with E-state index in [4.69, 9.17) is 15.3 Å². The van der Waals surface area contributed by atoms with Crippen LogP contribution in [0.3, 0.4) is 0 Å². The van der Waals surface area contributed by atoms with Crippen molar-refractivity contribution in [3.05, 3.63) is 0 Å². The van der Waals surface area contributed by atoms with Crippen LogP contribution in [0.15, 0.2) is 0 Å². The first-order valence-corrected chi connectivity index (χ1v) is 9.79. The van der Waals surface area contributed by atoms with Gasteiger partial charge in [0.05, 0.1) is 20.0 Å². The zero-order chi connectivity index (χ0) is 17.5. The summed E-state index contributed by atoms with van der Waals surface area (Å²) in [4.78, 5) is 7.54. The number of rotatable bonds is 15. The number of aliphatic hydroxyl groups is 3. The maximum absolute atomic E-state index is 8.90.